The van der Waals surface area contributed by atoms with Gasteiger partial charge in [0.1, 0.15) is 0 Å². The summed E-state index contributed by atoms with van der Waals surface area (Å²) in [5, 5.41) is 18.7. The van der Waals surface area contributed by atoms with Crippen LogP contribution in [0.2, 0.25) is 0 Å². The van der Waals surface area contributed by atoms with Gasteiger partial charge in [0.25, 0.3) is 5.60 Å². The molecule has 0 aliphatic heterocycles. The van der Waals surface area contributed by atoms with Crippen LogP contribution >= 0.6 is 0 Å². The molecular weight excluding hydrogens is 338 g/mol. The van der Waals surface area contributed by atoms with E-state index >= 15 is 0 Å². The molecule has 8 heteroatoms. The molecule has 0 saturated heterocycles. The van der Waals surface area contributed by atoms with Crippen molar-refractivity contribution in [2.24, 2.45) is 5.41 Å². The Hall–Kier alpha value is -1.02. The summed E-state index contributed by atoms with van der Waals surface area (Å²) in [5.74, 6) is 0. The highest BCUT2D eigenvalue weighted by Crippen LogP contribution is 2.46. The summed E-state index contributed by atoms with van der Waals surface area (Å²) in [6.07, 6.45) is -11.0. The first-order valence-electron chi connectivity index (χ1n) is 7.54. The van der Waals surface area contributed by atoms with E-state index in [-0.39, 0.29) is 5.41 Å². The molecule has 0 aromatic carbocycles. The number of allylic oxidation sites excluding steroid dienone is 3. The molecule has 0 heterocycles. The highest BCUT2D eigenvalue weighted by atomic mass is 19.4. The topological polar surface area (TPSA) is 40.5 Å². The first-order valence-corrected chi connectivity index (χ1v) is 7.54. The summed E-state index contributed by atoms with van der Waals surface area (Å²) in [5.41, 5.74) is -3.45. The van der Waals surface area contributed by atoms with Crippen LogP contribution in [-0.4, -0.2) is 34.3 Å². The molecule has 0 spiro atoms. The number of aliphatic hydroxyl groups is 2. The second-order valence-electron chi connectivity index (χ2n) is 6.92. The molecule has 0 fully saturated rings. The van der Waals surface area contributed by atoms with Gasteiger partial charge in [0.15, 0.2) is 0 Å². The van der Waals surface area contributed by atoms with Crippen LogP contribution in [0.5, 0.6) is 0 Å². The third-order valence-corrected chi connectivity index (χ3v) is 4.47. The van der Waals surface area contributed by atoms with E-state index in [1.807, 2.05) is 20.8 Å². The van der Waals surface area contributed by atoms with Gasteiger partial charge in [0.05, 0.1) is 6.10 Å². The molecule has 0 saturated carbocycles. The van der Waals surface area contributed by atoms with Crippen LogP contribution in [0, 0.1) is 5.41 Å². The predicted octanol–water partition coefficient (Wildman–Crippen LogP) is 4.68. The Kier molecular flexibility index (Phi) is 5.88. The maximum atomic E-state index is 12.6. The van der Waals surface area contributed by atoms with E-state index in [9.17, 15) is 31.4 Å². The Labute approximate surface area is 136 Å². The Bertz CT molecular complexity index is 500. The fourth-order valence-electron chi connectivity index (χ4n) is 2.98. The van der Waals surface area contributed by atoms with Crippen molar-refractivity contribution in [1.29, 1.82) is 0 Å². The molecule has 24 heavy (non-hydrogen) atoms. The summed E-state index contributed by atoms with van der Waals surface area (Å²) in [6, 6.07) is 0. The Morgan fingerprint density at radius 1 is 1.12 bits per heavy atom. The van der Waals surface area contributed by atoms with Crippen LogP contribution in [0.4, 0.5) is 26.3 Å². The maximum absolute atomic E-state index is 12.6. The van der Waals surface area contributed by atoms with Gasteiger partial charge in [-0.3, -0.25) is 0 Å². The van der Waals surface area contributed by atoms with E-state index in [1.54, 1.807) is 0 Å². The van der Waals surface area contributed by atoms with Crippen LogP contribution in [0.15, 0.2) is 23.3 Å². The summed E-state index contributed by atoms with van der Waals surface area (Å²) >= 11 is 0. The van der Waals surface area contributed by atoms with Gasteiger partial charge in [0.2, 0.25) is 0 Å². The first-order chi connectivity index (χ1) is 10.6. The molecule has 0 radical (unpaired) electrons. The van der Waals surface area contributed by atoms with Gasteiger partial charge in [-0.05, 0) is 37.2 Å². The molecule has 0 amide bonds. The number of hydrogen-bond donors (Lipinski definition) is 2. The summed E-state index contributed by atoms with van der Waals surface area (Å²) < 4.78 is 75.8. The second kappa shape index (κ2) is 6.71. The minimum atomic E-state index is -5.93. The van der Waals surface area contributed by atoms with Crippen molar-refractivity contribution in [3.63, 3.8) is 0 Å². The van der Waals surface area contributed by atoms with Gasteiger partial charge in [-0.15, -0.1) is 0 Å². The fraction of sp³-hybridized carbons (Fsp3) is 0.750. The average molecular weight is 360 g/mol. The summed E-state index contributed by atoms with van der Waals surface area (Å²) in [7, 11) is 0. The molecule has 2 N–H and O–H groups in total. The van der Waals surface area contributed by atoms with Crippen LogP contribution in [-0.2, 0) is 0 Å². The second-order valence-corrected chi connectivity index (χ2v) is 6.92. The molecule has 1 aliphatic rings. The van der Waals surface area contributed by atoms with E-state index in [0.717, 1.165) is 36.5 Å². The fourth-order valence-corrected chi connectivity index (χ4v) is 2.98. The van der Waals surface area contributed by atoms with Crippen molar-refractivity contribution < 1.29 is 36.6 Å². The molecule has 0 bridgehead atoms. The van der Waals surface area contributed by atoms with Crippen molar-refractivity contribution in [3.8, 4) is 0 Å². The van der Waals surface area contributed by atoms with Crippen LogP contribution in [0.25, 0.3) is 0 Å². The van der Waals surface area contributed by atoms with Crippen molar-refractivity contribution in [3.05, 3.63) is 23.3 Å². The highest BCUT2D eigenvalue weighted by Gasteiger charge is 2.70. The monoisotopic (exact) mass is 360 g/mol. The van der Waals surface area contributed by atoms with Crippen LogP contribution in [0.1, 0.15) is 46.5 Å². The third kappa shape index (κ3) is 4.33. The van der Waals surface area contributed by atoms with Gasteiger partial charge in [-0.25, -0.2) is 0 Å². The lowest BCUT2D eigenvalue weighted by molar-refractivity contribution is -0.373. The van der Waals surface area contributed by atoms with Gasteiger partial charge in [-0.1, -0.05) is 31.6 Å². The van der Waals surface area contributed by atoms with E-state index in [0.29, 0.717) is 0 Å². The van der Waals surface area contributed by atoms with Gasteiger partial charge >= 0.3 is 12.4 Å². The number of aliphatic hydroxyl groups excluding tert-OH is 1. The zero-order valence-corrected chi connectivity index (χ0v) is 13.7. The number of halogens is 6. The summed E-state index contributed by atoms with van der Waals surface area (Å²) in [4.78, 5) is 0. The Balaban J connectivity index is 3.01. The van der Waals surface area contributed by atoms with E-state index < -0.39 is 30.5 Å². The quantitative estimate of drug-likeness (QED) is 0.715. The Morgan fingerprint density at radius 3 is 2.04 bits per heavy atom. The zero-order valence-electron chi connectivity index (χ0n) is 13.7. The van der Waals surface area contributed by atoms with Gasteiger partial charge < -0.3 is 10.2 Å². The van der Waals surface area contributed by atoms with E-state index in [4.69, 9.17) is 5.11 Å². The minimum absolute atomic E-state index is 0.275. The molecule has 1 atom stereocenters. The lowest BCUT2D eigenvalue weighted by Crippen LogP contribution is -2.58. The SMILES string of the molecule is CC1=C(/C=C/[C@H](O)CC(O)(C(F)(F)F)C(F)(F)F)C(C)(C)CCC1. The van der Waals surface area contributed by atoms with Gasteiger partial charge in [-0.2, -0.15) is 26.3 Å². The van der Waals surface area contributed by atoms with Crippen molar-refractivity contribution in [1.82, 2.24) is 0 Å². The average Bonchev–Trinajstić information content (AvgIpc) is 2.34. The van der Waals surface area contributed by atoms with Gasteiger partial charge in [0, 0.05) is 6.42 Å². The third-order valence-electron chi connectivity index (χ3n) is 4.47. The molecule has 1 rings (SSSR count). The van der Waals surface area contributed by atoms with E-state index in [2.05, 4.69) is 0 Å². The maximum Gasteiger partial charge on any atom is 0.426 e. The zero-order chi connectivity index (χ0) is 19.0. The largest absolute Gasteiger partial charge is 0.426 e. The van der Waals surface area contributed by atoms with Crippen LogP contribution < -0.4 is 0 Å². The molecule has 2 nitrogen and oxygen atoms in total. The number of alkyl halides is 6. The van der Waals surface area contributed by atoms with Crippen molar-refractivity contribution >= 4 is 0 Å². The van der Waals surface area contributed by atoms with Crippen molar-refractivity contribution in [2.45, 2.75) is 70.5 Å². The normalized spacial score (nSPS) is 21.5. The first kappa shape index (κ1) is 21.0. The lowest BCUT2D eigenvalue weighted by Gasteiger charge is -2.34. The number of rotatable bonds is 4. The summed E-state index contributed by atoms with van der Waals surface area (Å²) in [6.45, 7) is 5.68. The lowest BCUT2D eigenvalue weighted by atomic mass is 9.72. The van der Waals surface area contributed by atoms with Crippen molar-refractivity contribution in [2.75, 3.05) is 0 Å². The predicted molar refractivity (Wildman–Crippen MR) is 77.2 cm³/mol. The standard InChI is InChI=1S/C16H22F6O2/c1-10-5-4-8-13(2,3)12(10)7-6-11(23)9-14(24,15(17,18)19)16(20,21)22/h6-7,11,23-24H,4-5,8-9H2,1-3H3/b7-6+/t11-/m0/s1. The number of hydrogen-bond acceptors (Lipinski definition) is 2. The molecule has 0 aromatic rings. The molecule has 0 unspecified atom stereocenters. The smallest absolute Gasteiger partial charge is 0.389 e. The minimum Gasteiger partial charge on any atom is -0.389 e. The molecule has 1 aliphatic carbocycles. The molecular formula is C16H22F6O2. The van der Waals surface area contributed by atoms with Crippen LogP contribution in [0.3, 0.4) is 0 Å². The Morgan fingerprint density at radius 2 is 1.62 bits per heavy atom. The van der Waals surface area contributed by atoms with E-state index in [1.165, 1.54) is 6.08 Å². The molecule has 0 aromatic heterocycles. The molecule has 140 valence electrons. The highest BCUT2D eigenvalue weighted by molar-refractivity contribution is 5.33.